The van der Waals surface area contributed by atoms with E-state index in [1.807, 2.05) is 27.7 Å². The summed E-state index contributed by atoms with van der Waals surface area (Å²) in [5.41, 5.74) is -1.27. The fraction of sp³-hybridized carbons (Fsp3) is 0.806. The molecule has 7 heteroatoms. The summed E-state index contributed by atoms with van der Waals surface area (Å²) in [7, 11) is 0. The first-order chi connectivity index (χ1) is 19.9. The molecule has 5 N–H and O–H groups in total. The minimum Gasteiger partial charge on any atom is -0.462 e. The Morgan fingerprint density at radius 2 is 1.65 bits per heavy atom. The Morgan fingerprint density at radius 1 is 0.977 bits per heavy atom. The molecule has 242 valence electrons. The van der Waals surface area contributed by atoms with Crippen LogP contribution in [0.4, 0.5) is 0 Å². The van der Waals surface area contributed by atoms with Gasteiger partial charge in [0, 0.05) is 11.5 Å². The first-order valence-corrected chi connectivity index (χ1v) is 16.4. The van der Waals surface area contributed by atoms with Gasteiger partial charge in [0.05, 0.1) is 43.0 Å². The van der Waals surface area contributed by atoms with Crippen molar-refractivity contribution in [3.63, 3.8) is 0 Å². The van der Waals surface area contributed by atoms with Gasteiger partial charge in [-0.05, 0) is 98.2 Å². The molecule has 0 aromatic heterocycles. The Balaban J connectivity index is 1.57. The SMILES string of the molecule is C=C[C@]12CC[C@H](O)[C@](C)(COC(=O)C=C(C)C)C1CC[C@]1(C)C2CC=C2C3CC(C)(C)[C@@H](O)[C@H](O)[C@]3(CO)[C@H](O)C[C@]21C. The summed E-state index contributed by atoms with van der Waals surface area (Å²) in [6.07, 6.45) is 6.95. The van der Waals surface area contributed by atoms with Crippen molar-refractivity contribution in [1.82, 2.24) is 0 Å². The molecular weight excluding hydrogens is 544 g/mol. The molecule has 0 aromatic rings. The van der Waals surface area contributed by atoms with E-state index in [1.54, 1.807) is 0 Å². The number of hydrogen-bond donors (Lipinski definition) is 5. The van der Waals surface area contributed by atoms with Crippen LogP contribution in [0.3, 0.4) is 0 Å². The quantitative estimate of drug-likeness (QED) is 0.176. The number of aliphatic hydroxyl groups is 5. The maximum absolute atomic E-state index is 12.5. The van der Waals surface area contributed by atoms with E-state index in [-0.39, 0.29) is 47.8 Å². The van der Waals surface area contributed by atoms with Crippen molar-refractivity contribution in [3.05, 3.63) is 36.0 Å². The van der Waals surface area contributed by atoms with Crippen LogP contribution < -0.4 is 0 Å². The van der Waals surface area contributed by atoms with E-state index in [2.05, 4.69) is 39.5 Å². The molecule has 0 aliphatic heterocycles. The van der Waals surface area contributed by atoms with Crippen LogP contribution in [0.5, 0.6) is 0 Å². The highest BCUT2D eigenvalue weighted by Gasteiger charge is 2.72. The second kappa shape index (κ2) is 10.5. The Labute approximate surface area is 258 Å². The van der Waals surface area contributed by atoms with Gasteiger partial charge in [0.15, 0.2) is 0 Å². The summed E-state index contributed by atoms with van der Waals surface area (Å²) in [5, 5.41) is 56.7. The van der Waals surface area contributed by atoms with Crippen LogP contribution in [0, 0.1) is 50.2 Å². The topological polar surface area (TPSA) is 127 Å². The summed E-state index contributed by atoms with van der Waals surface area (Å²) >= 11 is 0. The smallest absolute Gasteiger partial charge is 0.330 e. The zero-order valence-electron chi connectivity index (χ0n) is 27.4. The molecule has 0 bridgehead atoms. The van der Waals surface area contributed by atoms with Gasteiger partial charge in [-0.1, -0.05) is 57.9 Å². The molecule has 5 rings (SSSR count). The number of fused-ring (bicyclic) bond motifs is 7. The van der Waals surface area contributed by atoms with Crippen LogP contribution >= 0.6 is 0 Å². The number of carbonyl (C=O) groups is 1. The van der Waals surface area contributed by atoms with Crippen molar-refractivity contribution in [3.8, 4) is 0 Å². The van der Waals surface area contributed by atoms with Crippen molar-refractivity contribution < 1.29 is 35.1 Å². The van der Waals surface area contributed by atoms with E-state index < -0.39 is 46.1 Å². The van der Waals surface area contributed by atoms with Crippen molar-refractivity contribution in [1.29, 1.82) is 0 Å². The molecule has 3 unspecified atom stereocenters. The molecular formula is C36H56O7. The third-order valence-corrected chi connectivity index (χ3v) is 14.1. The number of allylic oxidation sites excluding steroid dienone is 4. The van der Waals surface area contributed by atoms with Gasteiger partial charge in [0.25, 0.3) is 0 Å². The highest BCUT2D eigenvalue weighted by molar-refractivity contribution is 5.82. The summed E-state index contributed by atoms with van der Waals surface area (Å²) in [4.78, 5) is 12.5. The second-order valence-electron chi connectivity index (χ2n) is 16.6. The maximum atomic E-state index is 12.5. The molecule has 5 aliphatic carbocycles. The monoisotopic (exact) mass is 600 g/mol. The molecule has 5 aliphatic rings. The van der Waals surface area contributed by atoms with Crippen LogP contribution in [-0.2, 0) is 9.53 Å². The molecule has 43 heavy (non-hydrogen) atoms. The normalized spacial score (nSPS) is 50.1. The standard InChI is InChI=1S/C36H56O7/c1-9-35-15-13-26(38)32(6,20-43-28(40)16-21(2)3)24(35)12-14-33(7)25(35)11-10-22-23-17-31(4,5)29(41)30(42)36(23,19-37)27(39)18-34(22,33)8/h9-10,16,23-27,29-30,37-39,41-42H,1,11-15,17-20H2,2-8H3/t23?,24?,25?,26-,27+,29-,30-,32+,33+,34+,35-,36-/m0/s1. The fourth-order valence-corrected chi connectivity index (χ4v) is 11.3. The van der Waals surface area contributed by atoms with Crippen LogP contribution in [0.15, 0.2) is 36.0 Å². The molecule has 0 radical (unpaired) electrons. The Kier molecular flexibility index (Phi) is 8.04. The van der Waals surface area contributed by atoms with E-state index in [0.29, 0.717) is 19.3 Å². The van der Waals surface area contributed by atoms with Crippen LogP contribution in [-0.4, -0.2) is 69.1 Å². The van der Waals surface area contributed by atoms with E-state index in [9.17, 15) is 30.3 Å². The number of esters is 1. The third kappa shape index (κ3) is 4.27. The van der Waals surface area contributed by atoms with Gasteiger partial charge < -0.3 is 30.3 Å². The average Bonchev–Trinajstić information content (AvgIpc) is 2.93. The number of aliphatic hydroxyl groups excluding tert-OH is 5. The lowest BCUT2D eigenvalue weighted by Gasteiger charge is -2.72. The van der Waals surface area contributed by atoms with Crippen LogP contribution in [0.1, 0.15) is 93.4 Å². The Hall–Kier alpha value is -1.51. The minimum atomic E-state index is -1.23. The number of rotatable bonds is 5. The predicted octanol–water partition coefficient (Wildman–Crippen LogP) is 4.71. The Morgan fingerprint density at radius 3 is 2.26 bits per heavy atom. The molecule has 4 fully saturated rings. The van der Waals surface area contributed by atoms with Crippen molar-refractivity contribution in [2.24, 2.45) is 50.2 Å². The number of carbonyl (C=O) groups excluding carboxylic acids is 1. The third-order valence-electron chi connectivity index (χ3n) is 14.1. The summed E-state index contributed by atoms with van der Waals surface area (Å²) in [5.74, 6) is -0.394. The highest BCUT2D eigenvalue weighted by Crippen LogP contribution is 2.76. The molecule has 0 amide bonds. The fourth-order valence-electron chi connectivity index (χ4n) is 11.3. The van der Waals surface area contributed by atoms with E-state index in [1.165, 1.54) is 11.6 Å². The van der Waals surface area contributed by atoms with Gasteiger partial charge >= 0.3 is 5.97 Å². The molecule has 4 saturated carbocycles. The lowest BCUT2D eigenvalue weighted by Crippen LogP contribution is -2.71. The van der Waals surface area contributed by atoms with Crippen molar-refractivity contribution in [2.45, 2.75) is 118 Å². The van der Waals surface area contributed by atoms with Crippen molar-refractivity contribution >= 4 is 5.97 Å². The van der Waals surface area contributed by atoms with Crippen LogP contribution in [0.25, 0.3) is 0 Å². The van der Waals surface area contributed by atoms with Gasteiger partial charge in [-0.15, -0.1) is 6.58 Å². The van der Waals surface area contributed by atoms with E-state index in [4.69, 9.17) is 4.74 Å². The zero-order valence-corrected chi connectivity index (χ0v) is 27.4. The lowest BCUT2D eigenvalue weighted by atomic mass is 9.32. The first kappa shape index (κ1) is 32.9. The molecule has 12 atom stereocenters. The number of ether oxygens (including phenoxy) is 1. The van der Waals surface area contributed by atoms with Gasteiger partial charge in [0.1, 0.15) is 0 Å². The zero-order chi connectivity index (χ0) is 32.0. The lowest BCUT2D eigenvalue weighted by molar-refractivity contribution is -0.256. The van der Waals surface area contributed by atoms with Crippen molar-refractivity contribution in [2.75, 3.05) is 13.2 Å². The van der Waals surface area contributed by atoms with Gasteiger partial charge in [-0.25, -0.2) is 4.79 Å². The second-order valence-corrected chi connectivity index (χ2v) is 16.6. The summed E-state index contributed by atoms with van der Waals surface area (Å²) < 4.78 is 5.78. The Bertz CT molecular complexity index is 1200. The molecule has 0 saturated heterocycles. The highest BCUT2D eigenvalue weighted by atomic mass is 16.5. The first-order valence-electron chi connectivity index (χ1n) is 16.4. The predicted molar refractivity (Wildman–Crippen MR) is 166 cm³/mol. The maximum Gasteiger partial charge on any atom is 0.330 e. The summed E-state index contributed by atoms with van der Waals surface area (Å²) in [6.45, 7) is 18.5. The average molecular weight is 601 g/mol. The minimum absolute atomic E-state index is 0.0630. The largest absolute Gasteiger partial charge is 0.462 e. The van der Waals surface area contributed by atoms with Gasteiger partial charge in [-0.2, -0.15) is 0 Å². The number of hydrogen-bond acceptors (Lipinski definition) is 7. The van der Waals surface area contributed by atoms with Crippen LogP contribution in [0.2, 0.25) is 0 Å². The summed E-state index contributed by atoms with van der Waals surface area (Å²) in [6, 6.07) is 0. The molecule has 0 heterocycles. The molecule has 7 nitrogen and oxygen atoms in total. The van der Waals surface area contributed by atoms with Gasteiger partial charge in [0.2, 0.25) is 0 Å². The molecule has 0 aromatic carbocycles. The van der Waals surface area contributed by atoms with E-state index >= 15 is 0 Å². The van der Waals surface area contributed by atoms with Gasteiger partial charge in [-0.3, -0.25) is 0 Å². The molecule has 0 spiro atoms. The van der Waals surface area contributed by atoms with E-state index in [0.717, 1.165) is 31.3 Å².